The van der Waals surface area contributed by atoms with Gasteiger partial charge in [-0.1, -0.05) is 39.0 Å². The standard InChI is InChI=1S/C17H19N3/c1-17(2,3)13-6-4-5-7-15(13)20-11-19-14-10-12(18)8-9-16(14)20/h4-11H,18H2,1-3H3. The molecule has 0 unspecified atom stereocenters. The van der Waals surface area contributed by atoms with Crippen LogP contribution in [0.2, 0.25) is 0 Å². The summed E-state index contributed by atoms with van der Waals surface area (Å²) in [6, 6.07) is 14.3. The van der Waals surface area contributed by atoms with E-state index in [1.54, 1.807) is 0 Å². The molecule has 0 aliphatic heterocycles. The first-order valence-electron chi connectivity index (χ1n) is 6.79. The van der Waals surface area contributed by atoms with Gasteiger partial charge < -0.3 is 5.73 Å². The molecule has 3 nitrogen and oxygen atoms in total. The van der Waals surface area contributed by atoms with Crippen LogP contribution in [0.1, 0.15) is 26.3 Å². The molecule has 0 spiro atoms. The fourth-order valence-corrected chi connectivity index (χ4v) is 2.54. The van der Waals surface area contributed by atoms with Crippen LogP contribution in [-0.2, 0) is 5.41 Å². The lowest BCUT2D eigenvalue weighted by atomic mass is 9.86. The second-order valence-electron chi connectivity index (χ2n) is 6.13. The average molecular weight is 265 g/mol. The summed E-state index contributed by atoms with van der Waals surface area (Å²) in [5, 5.41) is 0. The Morgan fingerprint density at radius 1 is 1.05 bits per heavy atom. The van der Waals surface area contributed by atoms with Crippen LogP contribution in [0.5, 0.6) is 0 Å². The van der Waals surface area contributed by atoms with Gasteiger partial charge in [0.25, 0.3) is 0 Å². The molecule has 0 atom stereocenters. The summed E-state index contributed by atoms with van der Waals surface area (Å²) in [5.41, 5.74) is 11.1. The fourth-order valence-electron chi connectivity index (χ4n) is 2.54. The van der Waals surface area contributed by atoms with Gasteiger partial charge in [-0.25, -0.2) is 4.98 Å². The summed E-state index contributed by atoms with van der Waals surface area (Å²) in [7, 11) is 0. The maximum Gasteiger partial charge on any atom is 0.100 e. The van der Waals surface area contributed by atoms with E-state index in [0.717, 1.165) is 16.7 Å². The molecule has 1 heterocycles. The topological polar surface area (TPSA) is 43.8 Å². The summed E-state index contributed by atoms with van der Waals surface area (Å²) in [6.07, 6.45) is 1.87. The van der Waals surface area contributed by atoms with E-state index in [-0.39, 0.29) is 5.41 Å². The van der Waals surface area contributed by atoms with Crippen molar-refractivity contribution >= 4 is 16.7 Å². The Morgan fingerprint density at radius 3 is 2.55 bits per heavy atom. The van der Waals surface area contributed by atoms with Gasteiger partial charge in [0.15, 0.2) is 0 Å². The van der Waals surface area contributed by atoms with Crippen molar-refractivity contribution in [2.24, 2.45) is 0 Å². The van der Waals surface area contributed by atoms with E-state index < -0.39 is 0 Å². The Balaban J connectivity index is 2.27. The highest BCUT2D eigenvalue weighted by Crippen LogP contribution is 2.30. The molecule has 0 saturated carbocycles. The molecule has 0 aliphatic carbocycles. The van der Waals surface area contributed by atoms with Crippen LogP contribution < -0.4 is 5.73 Å². The van der Waals surface area contributed by atoms with Crippen molar-refractivity contribution < 1.29 is 0 Å². The Labute approximate surface area is 119 Å². The zero-order valence-electron chi connectivity index (χ0n) is 12.1. The molecule has 0 amide bonds. The summed E-state index contributed by atoms with van der Waals surface area (Å²) in [4.78, 5) is 4.46. The molecular formula is C17H19N3. The molecule has 3 aromatic rings. The third-order valence-corrected chi connectivity index (χ3v) is 3.54. The number of para-hydroxylation sites is 1. The van der Waals surface area contributed by atoms with Gasteiger partial charge in [0.1, 0.15) is 6.33 Å². The van der Waals surface area contributed by atoms with Crippen LogP contribution in [0.15, 0.2) is 48.8 Å². The molecule has 3 heteroatoms. The van der Waals surface area contributed by atoms with Gasteiger partial charge >= 0.3 is 0 Å². The van der Waals surface area contributed by atoms with Crippen LogP contribution in [-0.4, -0.2) is 9.55 Å². The highest BCUT2D eigenvalue weighted by atomic mass is 15.1. The zero-order valence-corrected chi connectivity index (χ0v) is 12.1. The van der Waals surface area contributed by atoms with Gasteiger partial charge in [-0.2, -0.15) is 0 Å². The first-order chi connectivity index (χ1) is 9.47. The Kier molecular flexibility index (Phi) is 2.78. The number of fused-ring (bicyclic) bond motifs is 1. The number of hydrogen-bond donors (Lipinski definition) is 1. The highest BCUT2D eigenvalue weighted by Gasteiger charge is 2.19. The number of anilines is 1. The predicted octanol–water partition coefficient (Wildman–Crippen LogP) is 3.91. The van der Waals surface area contributed by atoms with E-state index in [0.29, 0.717) is 0 Å². The monoisotopic (exact) mass is 265 g/mol. The minimum Gasteiger partial charge on any atom is -0.399 e. The number of nitrogens with two attached hydrogens (primary N) is 1. The van der Waals surface area contributed by atoms with Crippen molar-refractivity contribution in [1.82, 2.24) is 9.55 Å². The molecule has 0 saturated heterocycles. The van der Waals surface area contributed by atoms with E-state index in [9.17, 15) is 0 Å². The summed E-state index contributed by atoms with van der Waals surface area (Å²) in [5.74, 6) is 0. The molecule has 0 radical (unpaired) electrons. The van der Waals surface area contributed by atoms with Gasteiger partial charge in [0.2, 0.25) is 0 Å². The Bertz CT molecular complexity index is 763. The Morgan fingerprint density at radius 2 is 1.80 bits per heavy atom. The minimum atomic E-state index is 0.0843. The number of benzene rings is 2. The van der Waals surface area contributed by atoms with E-state index in [4.69, 9.17) is 5.73 Å². The largest absolute Gasteiger partial charge is 0.399 e. The van der Waals surface area contributed by atoms with E-state index in [1.807, 2.05) is 24.5 Å². The first-order valence-corrected chi connectivity index (χ1v) is 6.79. The smallest absolute Gasteiger partial charge is 0.100 e. The molecule has 2 N–H and O–H groups in total. The fraction of sp³-hybridized carbons (Fsp3) is 0.235. The molecular weight excluding hydrogens is 246 g/mol. The van der Waals surface area contributed by atoms with Crippen LogP contribution in [0.25, 0.3) is 16.7 Å². The average Bonchev–Trinajstić information content (AvgIpc) is 2.80. The third kappa shape index (κ3) is 2.05. The molecule has 102 valence electrons. The van der Waals surface area contributed by atoms with Crippen LogP contribution >= 0.6 is 0 Å². The van der Waals surface area contributed by atoms with Gasteiger partial charge in [0, 0.05) is 5.69 Å². The van der Waals surface area contributed by atoms with Crippen LogP contribution in [0.3, 0.4) is 0 Å². The quantitative estimate of drug-likeness (QED) is 0.678. The number of aromatic nitrogens is 2. The van der Waals surface area contributed by atoms with Gasteiger partial charge in [-0.05, 0) is 35.2 Å². The number of nitrogen functional groups attached to an aromatic ring is 1. The molecule has 2 aromatic carbocycles. The summed E-state index contributed by atoms with van der Waals surface area (Å²) >= 11 is 0. The molecule has 20 heavy (non-hydrogen) atoms. The third-order valence-electron chi connectivity index (χ3n) is 3.54. The Hall–Kier alpha value is -2.29. The predicted molar refractivity (Wildman–Crippen MR) is 84.2 cm³/mol. The molecule has 1 aromatic heterocycles. The maximum atomic E-state index is 5.82. The van der Waals surface area contributed by atoms with Crippen molar-refractivity contribution in [1.29, 1.82) is 0 Å². The minimum absolute atomic E-state index is 0.0843. The molecule has 0 aliphatic rings. The zero-order chi connectivity index (χ0) is 14.3. The van der Waals surface area contributed by atoms with Crippen molar-refractivity contribution in [3.8, 4) is 5.69 Å². The lowest BCUT2D eigenvalue weighted by Crippen LogP contribution is -2.14. The van der Waals surface area contributed by atoms with Crippen LogP contribution in [0.4, 0.5) is 5.69 Å². The number of hydrogen-bond acceptors (Lipinski definition) is 2. The number of rotatable bonds is 1. The van der Waals surface area contributed by atoms with Gasteiger partial charge in [-0.3, -0.25) is 4.57 Å². The summed E-state index contributed by atoms with van der Waals surface area (Å²) < 4.78 is 2.13. The van der Waals surface area contributed by atoms with Crippen molar-refractivity contribution in [2.75, 3.05) is 5.73 Å². The highest BCUT2D eigenvalue weighted by molar-refractivity contribution is 5.81. The molecule has 0 bridgehead atoms. The van der Waals surface area contributed by atoms with Crippen LogP contribution in [0, 0.1) is 0 Å². The van der Waals surface area contributed by atoms with E-state index in [1.165, 1.54) is 11.3 Å². The van der Waals surface area contributed by atoms with Gasteiger partial charge in [-0.15, -0.1) is 0 Å². The number of imidazole rings is 1. The first kappa shape index (κ1) is 12.7. The van der Waals surface area contributed by atoms with E-state index in [2.05, 4.69) is 54.6 Å². The maximum absolute atomic E-state index is 5.82. The van der Waals surface area contributed by atoms with Crippen molar-refractivity contribution in [2.45, 2.75) is 26.2 Å². The van der Waals surface area contributed by atoms with Crippen molar-refractivity contribution in [3.63, 3.8) is 0 Å². The number of nitrogens with zero attached hydrogens (tertiary/aromatic N) is 2. The van der Waals surface area contributed by atoms with Gasteiger partial charge in [0.05, 0.1) is 16.7 Å². The lowest BCUT2D eigenvalue weighted by molar-refractivity contribution is 0.587. The second kappa shape index (κ2) is 4.37. The van der Waals surface area contributed by atoms with Crippen molar-refractivity contribution in [3.05, 3.63) is 54.4 Å². The molecule has 0 fully saturated rings. The SMILES string of the molecule is CC(C)(C)c1ccccc1-n1cnc2cc(N)ccc21. The molecule has 3 rings (SSSR count). The normalized spacial score (nSPS) is 11.9. The summed E-state index contributed by atoms with van der Waals surface area (Å²) in [6.45, 7) is 6.68. The lowest BCUT2D eigenvalue weighted by Gasteiger charge is -2.23. The van der Waals surface area contributed by atoms with E-state index >= 15 is 0 Å². The second-order valence-corrected chi connectivity index (χ2v) is 6.13.